The van der Waals surface area contributed by atoms with E-state index in [9.17, 15) is 0 Å². The largest absolute Gasteiger partial charge is 0.376 e. The zero-order chi connectivity index (χ0) is 13.8. The zero-order valence-corrected chi connectivity index (χ0v) is 12.5. The molecule has 1 N–H and O–H groups in total. The predicted octanol–water partition coefficient (Wildman–Crippen LogP) is 2.94. The molecule has 1 unspecified atom stereocenters. The van der Waals surface area contributed by atoms with Gasteiger partial charge in [-0.15, -0.1) is 0 Å². The van der Waals surface area contributed by atoms with Gasteiger partial charge in [-0.1, -0.05) is 18.2 Å². The van der Waals surface area contributed by atoms with Crippen LogP contribution in [0.4, 0.5) is 5.69 Å². The van der Waals surface area contributed by atoms with Gasteiger partial charge < -0.3 is 15.0 Å². The summed E-state index contributed by atoms with van der Waals surface area (Å²) in [6.07, 6.45) is 6.82. The Labute approximate surface area is 122 Å². The highest BCUT2D eigenvalue weighted by Crippen LogP contribution is 2.24. The standard InChI is InChI=1S/C17H26N2O/c1-19(13-16-7-4-5-11-20-16)17-8-3-2-6-14(17)12-18-15-9-10-15/h2-3,6,8,15-16,18H,4-5,7,9-13H2,1H3. The lowest BCUT2D eigenvalue weighted by molar-refractivity contribution is 0.0216. The third-order valence-electron chi connectivity index (χ3n) is 4.31. The van der Waals surface area contributed by atoms with Gasteiger partial charge in [0.2, 0.25) is 0 Å². The first-order valence-electron chi connectivity index (χ1n) is 7.97. The number of hydrogen-bond donors (Lipinski definition) is 1. The Balaban J connectivity index is 1.61. The van der Waals surface area contributed by atoms with Gasteiger partial charge in [0, 0.05) is 38.5 Å². The molecule has 110 valence electrons. The molecule has 0 aromatic heterocycles. The SMILES string of the molecule is CN(CC1CCCCO1)c1ccccc1CNC1CC1. The summed E-state index contributed by atoms with van der Waals surface area (Å²) in [6.45, 7) is 2.92. The number of nitrogens with one attached hydrogen (secondary N) is 1. The highest BCUT2D eigenvalue weighted by atomic mass is 16.5. The highest BCUT2D eigenvalue weighted by molar-refractivity contribution is 5.53. The molecule has 3 heteroatoms. The van der Waals surface area contributed by atoms with Crippen molar-refractivity contribution in [3.63, 3.8) is 0 Å². The Morgan fingerprint density at radius 1 is 1.20 bits per heavy atom. The van der Waals surface area contributed by atoms with Crippen molar-refractivity contribution in [1.82, 2.24) is 5.32 Å². The molecule has 1 heterocycles. The fraction of sp³-hybridized carbons (Fsp3) is 0.647. The van der Waals surface area contributed by atoms with Crippen LogP contribution in [0.5, 0.6) is 0 Å². The second-order valence-electron chi connectivity index (χ2n) is 6.15. The Morgan fingerprint density at radius 3 is 2.80 bits per heavy atom. The van der Waals surface area contributed by atoms with Crippen molar-refractivity contribution in [3.05, 3.63) is 29.8 Å². The highest BCUT2D eigenvalue weighted by Gasteiger charge is 2.21. The molecule has 0 spiro atoms. The maximum absolute atomic E-state index is 5.86. The summed E-state index contributed by atoms with van der Waals surface area (Å²) >= 11 is 0. The van der Waals surface area contributed by atoms with Crippen LogP contribution < -0.4 is 10.2 Å². The number of benzene rings is 1. The normalized spacial score (nSPS) is 22.8. The van der Waals surface area contributed by atoms with Crippen LogP contribution in [-0.4, -0.2) is 32.3 Å². The first-order valence-corrected chi connectivity index (χ1v) is 7.97. The molecule has 2 fully saturated rings. The Kier molecular flexibility index (Phi) is 4.58. The zero-order valence-electron chi connectivity index (χ0n) is 12.5. The molecular formula is C17H26N2O. The van der Waals surface area contributed by atoms with E-state index in [1.165, 1.54) is 43.4 Å². The summed E-state index contributed by atoms with van der Waals surface area (Å²) < 4.78 is 5.86. The first kappa shape index (κ1) is 13.9. The minimum atomic E-state index is 0.401. The van der Waals surface area contributed by atoms with E-state index in [1.54, 1.807) is 0 Å². The summed E-state index contributed by atoms with van der Waals surface area (Å²) in [5.74, 6) is 0. The van der Waals surface area contributed by atoms with Gasteiger partial charge in [-0.3, -0.25) is 0 Å². The number of rotatable bonds is 6. The molecular weight excluding hydrogens is 248 g/mol. The summed E-state index contributed by atoms with van der Waals surface area (Å²) in [5, 5.41) is 3.61. The number of anilines is 1. The van der Waals surface area contributed by atoms with Gasteiger partial charge in [-0.25, -0.2) is 0 Å². The molecule has 1 saturated heterocycles. The minimum absolute atomic E-state index is 0.401. The van der Waals surface area contributed by atoms with E-state index in [4.69, 9.17) is 4.74 Å². The van der Waals surface area contributed by atoms with Crippen LogP contribution in [0.1, 0.15) is 37.7 Å². The molecule has 1 saturated carbocycles. The molecule has 1 aliphatic carbocycles. The third-order valence-corrected chi connectivity index (χ3v) is 4.31. The molecule has 1 aliphatic heterocycles. The Hall–Kier alpha value is -1.06. The van der Waals surface area contributed by atoms with Crippen LogP contribution in [-0.2, 0) is 11.3 Å². The monoisotopic (exact) mass is 274 g/mol. The lowest BCUT2D eigenvalue weighted by Crippen LogP contribution is -2.34. The smallest absolute Gasteiger partial charge is 0.0749 e. The van der Waals surface area contributed by atoms with Gasteiger partial charge in [0.25, 0.3) is 0 Å². The van der Waals surface area contributed by atoms with Gasteiger partial charge in [0.15, 0.2) is 0 Å². The van der Waals surface area contributed by atoms with Crippen molar-refractivity contribution in [2.75, 3.05) is 25.1 Å². The van der Waals surface area contributed by atoms with Crippen LogP contribution in [0.3, 0.4) is 0 Å². The summed E-state index contributed by atoms with van der Waals surface area (Å²) in [5.41, 5.74) is 2.74. The second-order valence-corrected chi connectivity index (χ2v) is 6.15. The van der Waals surface area contributed by atoms with Gasteiger partial charge >= 0.3 is 0 Å². The quantitative estimate of drug-likeness (QED) is 0.863. The fourth-order valence-electron chi connectivity index (χ4n) is 2.93. The third kappa shape index (κ3) is 3.74. The number of nitrogens with zero attached hydrogens (tertiary/aromatic N) is 1. The lowest BCUT2D eigenvalue weighted by atomic mass is 10.1. The van der Waals surface area contributed by atoms with Crippen LogP contribution >= 0.6 is 0 Å². The summed E-state index contributed by atoms with van der Waals surface area (Å²) in [4.78, 5) is 2.36. The van der Waals surface area contributed by atoms with Crippen LogP contribution in [0.15, 0.2) is 24.3 Å². The molecule has 1 aromatic rings. The van der Waals surface area contributed by atoms with Crippen LogP contribution in [0, 0.1) is 0 Å². The van der Waals surface area contributed by atoms with Crippen molar-refractivity contribution in [2.45, 2.75) is 50.8 Å². The number of hydrogen-bond acceptors (Lipinski definition) is 3. The lowest BCUT2D eigenvalue weighted by Gasteiger charge is -2.30. The van der Waals surface area contributed by atoms with Crippen LogP contribution in [0.25, 0.3) is 0 Å². The van der Waals surface area contributed by atoms with Gasteiger partial charge in [0.05, 0.1) is 6.10 Å². The predicted molar refractivity (Wildman–Crippen MR) is 83.2 cm³/mol. The Morgan fingerprint density at radius 2 is 2.05 bits per heavy atom. The first-order chi connectivity index (χ1) is 9.83. The van der Waals surface area contributed by atoms with E-state index in [-0.39, 0.29) is 0 Å². The van der Waals surface area contributed by atoms with E-state index in [0.29, 0.717) is 6.10 Å². The van der Waals surface area contributed by atoms with Crippen LogP contribution in [0.2, 0.25) is 0 Å². The average Bonchev–Trinajstić information content (AvgIpc) is 3.31. The van der Waals surface area contributed by atoms with E-state index in [0.717, 1.165) is 25.7 Å². The van der Waals surface area contributed by atoms with Gasteiger partial charge in [-0.05, 0) is 43.7 Å². The molecule has 0 amide bonds. The molecule has 3 nitrogen and oxygen atoms in total. The molecule has 0 radical (unpaired) electrons. The van der Waals surface area contributed by atoms with E-state index >= 15 is 0 Å². The number of para-hydroxylation sites is 1. The molecule has 1 aromatic carbocycles. The molecule has 3 rings (SSSR count). The van der Waals surface area contributed by atoms with E-state index < -0.39 is 0 Å². The van der Waals surface area contributed by atoms with E-state index in [2.05, 4.69) is 41.5 Å². The maximum Gasteiger partial charge on any atom is 0.0749 e. The summed E-state index contributed by atoms with van der Waals surface area (Å²) in [6, 6.07) is 9.50. The molecule has 0 bridgehead atoms. The van der Waals surface area contributed by atoms with Crippen molar-refractivity contribution in [3.8, 4) is 0 Å². The molecule has 20 heavy (non-hydrogen) atoms. The van der Waals surface area contributed by atoms with Crippen molar-refractivity contribution in [2.24, 2.45) is 0 Å². The fourth-order valence-corrected chi connectivity index (χ4v) is 2.93. The Bertz CT molecular complexity index is 425. The molecule has 1 atom stereocenters. The average molecular weight is 274 g/mol. The minimum Gasteiger partial charge on any atom is -0.376 e. The molecule has 2 aliphatic rings. The maximum atomic E-state index is 5.86. The van der Waals surface area contributed by atoms with Gasteiger partial charge in [-0.2, -0.15) is 0 Å². The van der Waals surface area contributed by atoms with Crippen molar-refractivity contribution in [1.29, 1.82) is 0 Å². The van der Waals surface area contributed by atoms with Gasteiger partial charge in [0.1, 0.15) is 0 Å². The topological polar surface area (TPSA) is 24.5 Å². The van der Waals surface area contributed by atoms with Crippen molar-refractivity contribution >= 4 is 5.69 Å². The van der Waals surface area contributed by atoms with Crippen molar-refractivity contribution < 1.29 is 4.74 Å². The second kappa shape index (κ2) is 6.59. The number of likely N-dealkylation sites (N-methyl/N-ethyl adjacent to an activating group) is 1. The summed E-state index contributed by atoms with van der Waals surface area (Å²) in [7, 11) is 2.19. The number of ether oxygens (including phenoxy) is 1. The van der Waals surface area contributed by atoms with E-state index in [1.807, 2.05) is 0 Å².